The van der Waals surface area contributed by atoms with Crippen LogP contribution in [0.15, 0.2) is 41.1 Å². The fourth-order valence-electron chi connectivity index (χ4n) is 1.77. The predicted octanol–water partition coefficient (Wildman–Crippen LogP) is 3.03. The molecule has 0 atom stereocenters. The molecule has 0 bridgehead atoms. The lowest BCUT2D eigenvalue weighted by Gasteiger charge is -2.06. The number of rotatable bonds is 1. The van der Waals surface area contributed by atoms with Gasteiger partial charge in [-0.3, -0.25) is 4.57 Å². The molecule has 0 aliphatic heterocycles. The first-order chi connectivity index (χ1) is 8.66. The van der Waals surface area contributed by atoms with E-state index >= 15 is 0 Å². The molecule has 4 nitrogen and oxygen atoms in total. The minimum atomic E-state index is -0.386. The Morgan fingerprint density at radius 1 is 1.11 bits per heavy atom. The van der Waals surface area contributed by atoms with Crippen LogP contribution in [0.3, 0.4) is 0 Å². The van der Waals surface area contributed by atoms with Crippen molar-refractivity contribution in [2.75, 3.05) is 0 Å². The molecule has 2 aromatic heterocycles. The van der Waals surface area contributed by atoms with E-state index in [-0.39, 0.29) is 11.7 Å². The zero-order valence-electron chi connectivity index (χ0n) is 9.01. The highest BCUT2D eigenvalue weighted by Crippen LogP contribution is 2.26. The van der Waals surface area contributed by atoms with Gasteiger partial charge in [0.05, 0.1) is 5.69 Å². The van der Waals surface area contributed by atoms with Crippen LogP contribution < -0.4 is 0 Å². The summed E-state index contributed by atoms with van der Waals surface area (Å²) in [5.41, 5.74) is 1.29. The molecule has 0 amide bonds. The van der Waals surface area contributed by atoms with Crippen molar-refractivity contribution in [1.29, 1.82) is 0 Å². The topological polar surface area (TPSA) is 50.9 Å². The summed E-state index contributed by atoms with van der Waals surface area (Å²) >= 11 is 3.27. The van der Waals surface area contributed by atoms with E-state index in [0.717, 1.165) is 0 Å². The normalized spacial score (nSPS) is 11.0. The molecule has 0 radical (unpaired) electrons. The highest BCUT2D eigenvalue weighted by molar-refractivity contribution is 9.10. The molecule has 0 aliphatic rings. The summed E-state index contributed by atoms with van der Waals surface area (Å²) in [6, 6.07) is 9.37. The Hall–Kier alpha value is -1.95. The first-order valence-electron chi connectivity index (χ1n) is 5.15. The minimum Gasteiger partial charge on any atom is -0.493 e. The Balaban J connectivity index is 2.38. The number of imidazole rings is 1. The molecule has 0 spiro atoms. The van der Waals surface area contributed by atoms with Gasteiger partial charge in [0, 0.05) is 6.07 Å². The van der Waals surface area contributed by atoms with Crippen LogP contribution in [0.25, 0.3) is 16.9 Å². The lowest BCUT2D eigenvalue weighted by molar-refractivity contribution is 0.455. The number of fused-ring (bicyclic) bond motifs is 1. The lowest BCUT2D eigenvalue weighted by atomic mass is 10.3. The Kier molecular flexibility index (Phi) is 2.52. The largest absolute Gasteiger partial charge is 0.493 e. The summed E-state index contributed by atoms with van der Waals surface area (Å²) in [5.74, 6) is -0.518. The van der Waals surface area contributed by atoms with Crippen molar-refractivity contribution in [2.24, 2.45) is 0 Å². The molecule has 0 saturated heterocycles. The van der Waals surface area contributed by atoms with Crippen LogP contribution in [-0.4, -0.2) is 19.6 Å². The Bertz CT molecular complexity index is 741. The van der Waals surface area contributed by atoms with Gasteiger partial charge in [-0.1, -0.05) is 12.1 Å². The highest BCUT2D eigenvalue weighted by Gasteiger charge is 2.14. The second-order valence-corrected chi connectivity index (χ2v) is 4.39. The maximum atomic E-state index is 13.8. The molecule has 0 unspecified atom stereocenters. The van der Waals surface area contributed by atoms with E-state index in [4.69, 9.17) is 0 Å². The molecule has 6 heteroatoms. The number of hydrogen-bond donors (Lipinski definition) is 1. The van der Waals surface area contributed by atoms with Gasteiger partial charge >= 0.3 is 0 Å². The van der Waals surface area contributed by atoms with Crippen LogP contribution >= 0.6 is 15.9 Å². The molecule has 0 saturated carbocycles. The average Bonchev–Trinajstić information content (AvgIpc) is 2.66. The van der Waals surface area contributed by atoms with Crippen LogP contribution in [0, 0.1) is 5.82 Å². The molecule has 3 aromatic rings. The van der Waals surface area contributed by atoms with Gasteiger partial charge in [0.25, 0.3) is 0 Å². The maximum Gasteiger partial charge on any atom is 0.212 e. The molecule has 1 N–H and O–H groups in total. The van der Waals surface area contributed by atoms with Gasteiger partial charge in [-0.25, -0.2) is 9.37 Å². The van der Waals surface area contributed by atoms with Crippen molar-refractivity contribution in [3.63, 3.8) is 0 Å². The van der Waals surface area contributed by atoms with E-state index in [0.29, 0.717) is 21.6 Å². The number of aromatic hydroxyl groups is 1. The molecular weight excluding hydrogens is 301 g/mol. The van der Waals surface area contributed by atoms with Gasteiger partial charge in [-0.05, 0) is 34.1 Å². The van der Waals surface area contributed by atoms with Gasteiger partial charge in [0.15, 0.2) is 10.4 Å². The van der Waals surface area contributed by atoms with E-state index in [1.807, 2.05) is 0 Å². The molecule has 0 aliphatic carbocycles. The second-order valence-electron chi connectivity index (χ2n) is 3.68. The van der Waals surface area contributed by atoms with Crippen molar-refractivity contribution in [3.8, 4) is 11.6 Å². The van der Waals surface area contributed by atoms with E-state index in [9.17, 15) is 9.50 Å². The third-order valence-electron chi connectivity index (χ3n) is 2.54. The third-order valence-corrected chi connectivity index (χ3v) is 3.07. The van der Waals surface area contributed by atoms with Gasteiger partial charge in [0.1, 0.15) is 11.3 Å². The third kappa shape index (κ3) is 1.65. The van der Waals surface area contributed by atoms with Crippen LogP contribution in [0.4, 0.5) is 4.39 Å². The van der Waals surface area contributed by atoms with Gasteiger partial charge in [-0.15, -0.1) is 0 Å². The van der Waals surface area contributed by atoms with Gasteiger partial charge < -0.3 is 5.11 Å². The summed E-state index contributed by atoms with van der Waals surface area (Å²) in [6.45, 7) is 0. The smallest absolute Gasteiger partial charge is 0.212 e. The summed E-state index contributed by atoms with van der Waals surface area (Å²) in [6.07, 6.45) is 0. The zero-order chi connectivity index (χ0) is 12.7. The fourth-order valence-corrected chi connectivity index (χ4v) is 2.32. The molecule has 2 heterocycles. The summed E-state index contributed by atoms with van der Waals surface area (Å²) < 4.78 is 15.7. The van der Waals surface area contributed by atoms with E-state index in [1.165, 1.54) is 16.7 Å². The van der Waals surface area contributed by atoms with E-state index in [2.05, 4.69) is 25.9 Å². The molecule has 0 fully saturated rings. The van der Waals surface area contributed by atoms with Crippen LogP contribution in [-0.2, 0) is 0 Å². The standard InChI is InChI=1S/C12H7BrFN3O/c13-12-15-8-5-6-10(18)16-11(8)17(12)9-4-2-1-3-7(9)14/h1-6H,(H,16,18). The van der Waals surface area contributed by atoms with Crippen molar-refractivity contribution in [2.45, 2.75) is 0 Å². The van der Waals surface area contributed by atoms with Crippen molar-refractivity contribution < 1.29 is 9.50 Å². The first-order valence-corrected chi connectivity index (χ1v) is 5.95. The molecule has 3 rings (SSSR count). The highest BCUT2D eigenvalue weighted by atomic mass is 79.9. The quantitative estimate of drug-likeness (QED) is 0.752. The summed E-state index contributed by atoms with van der Waals surface area (Å²) in [4.78, 5) is 8.18. The zero-order valence-corrected chi connectivity index (χ0v) is 10.6. The lowest BCUT2D eigenvalue weighted by Crippen LogP contribution is -1.98. The van der Waals surface area contributed by atoms with Crippen molar-refractivity contribution in [1.82, 2.24) is 14.5 Å². The second kappa shape index (κ2) is 4.06. The number of aromatic nitrogens is 3. The molecule has 90 valence electrons. The Morgan fingerprint density at radius 3 is 2.67 bits per heavy atom. The first kappa shape index (κ1) is 11.2. The number of halogens is 2. The number of benzene rings is 1. The Labute approximate surface area is 110 Å². The number of para-hydroxylation sites is 1. The van der Waals surface area contributed by atoms with Crippen molar-refractivity contribution >= 4 is 27.1 Å². The number of hydrogen-bond acceptors (Lipinski definition) is 3. The summed E-state index contributed by atoms with van der Waals surface area (Å²) in [5, 5.41) is 9.42. The molecule has 1 aromatic carbocycles. The molecular formula is C12H7BrFN3O. The monoisotopic (exact) mass is 307 g/mol. The van der Waals surface area contributed by atoms with Crippen molar-refractivity contribution in [3.05, 3.63) is 46.9 Å². The number of pyridine rings is 1. The van der Waals surface area contributed by atoms with Crippen LogP contribution in [0.5, 0.6) is 5.88 Å². The molecule has 18 heavy (non-hydrogen) atoms. The minimum absolute atomic E-state index is 0.132. The van der Waals surface area contributed by atoms with Crippen LogP contribution in [0.2, 0.25) is 0 Å². The van der Waals surface area contributed by atoms with E-state index in [1.54, 1.807) is 24.3 Å². The predicted molar refractivity (Wildman–Crippen MR) is 68.2 cm³/mol. The van der Waals surface area contributed by atoms with Gasteiger partial charge in [-0.2, -0.15) is 4.98 Å². The van der Waals surface area contributed by atoms with Crippen LogP contribution in [0.1, 0.15) is 0 Å². The average molecular weight is 308 g/mol. The fraction of sp³-hybridized carbons (Fsp3) is 0. The number of nitrogens with zero attached hydrogens (tertiary/aromatic N) is 3. The SMILES string of the molecule is Oc1ccc2nc(Br)n(-c3ccccc3F)c2n1. The van der Waals surface area contributed by atoms with E-state index < -0.39 is 0 Å². The Morgan fingerprint density at radius 2 is 1.89 bits per heavy atom. The van der Waals surface area contributed by atoms with Gasteiger partial charge in [0.2, 0.25) is 5.88 Å². The maximum absolute atomic E-state index is 13.8. The summed E-state index contributed by atoms with van der Waals surface area (Å²) in [7, 11) is 0.